The summed E-state index contributed by atoms with van der Waals surface area (Å²) in [5.41, 5.74) is 1.46. The molecule has 0 spiro atoms. The highest BCUT2D eigenvalue weighted by molar-refractivity contribution is 5.98. The predicted octanol–water partition coefficient (Wildman–Crippen LogP) is 2.67. The molecule has 1 saturated carbocycles. The minimum absolute atomic E-state index is 0.00183. The maximum Gasteiger partial charge on any atom is 0.252 e. The molecule has 0 aromatic heterocycles. The highest BCUT2D eigenvalue weighted by atomic mass is 16.5. The first-order chi connectivity index (χ1) is 15.5. The number of benzene rings is 1. The molecule has 3 rings (SSSR count). The van der Waals surface area contributed by atoms with E-state index in [9.17, 15) is 14.4 Å². The maximum atomic E-state index is 13.0. The number of carbonyl (C=O) groups is 3. The standard InChI is InChI=1S/C25H37N3O4/c1-18-8-3-6-11-21(18)23(29)27-22(24(30)26-14-7-17-32-2)19-12-15-28(16-13-19)25(31)20-9-4-5-10-20/h3,6,8,11,19-20,22H,4-5,7,9-10,12-17H2,1-2H3,(H,26,30)(H,27,29). The minimum atomic E-state index is -0.617. The van der Waals surface area contributed by atoms with Gasteiger partial charge in [-0.05, 0) is 56.6 Å². The smallest absolute Gasteiger partial charge is 0.252 e. The summed E-state index contributed by atoms with van der Waals surface area (Å²) in [5.74, 6) is 0.0453. The highest BCUT2D eigenvalue weighted by Gasteiger charge is 2.35. The van der Waals surface area contributed by atoms with Crippen molar-refractivity contribution in [3.63, 3.8) is 0 Å². The molecule has 0 radical (unpaired) electrons. The van der Waals surface area contributed by atoms with Gasteiger partial charge in [-0.2, -0.15) is 0 Å². The quantitative estimate of drug-likeness (QED) is 0.575. The van der Waals surface area contributed by atoms with Crippen molar-refractivity contribution in [1.82, 2.24) is 15.5 Å². The zero-order valence-electron chi connectivity index (χ0n) is 19.4. The number of aryl methyl sites for hydroxylation is 1. The Balaban J connectivity index is 1.64. The predicted molar refractivity (Wildman–Crippen MR) is 123 cm³/mol. The van der Waals surface area contributed by atoms with Gasteiger partial charge in [-0.1, -0.05) is 31.0 Å². The van der Waals surface area contributed by atoms with Crippen molar-refractivity contribution in [2.75, 3.05) is 33.4 Å². The van der Waals surface area contributed by atoms with Gasteiger partial charge in [-0.15, -0.1) is 0 Å². The van der Waals surface area contributed by atoms with Gasteiger partial charge in [0.25, 0.3) is 5.91 Å². The van der Waals surface area contributed by atoms with Gasteiger partial charge in [0.05, 0.1) is 0 Å². The van der Waals surface area contributed by atoms with Crippen molar-refractivity contribution >= 4 is 17.7 Å². The number of hydrogen-bond acceptors (Lipinski definition) is 4. The van der Waals surface area contributed by atoms with Crippen LogP contribution >= 0.6 is 0 Å². The van der Waals surface area contributed by atoms with Crippen LogP contribution in [0.15, 0.2) is 24.3 Å². The lowest BCUT2D eigenvalue weighted by molar-refractivity contribution is -0.137. The lowest BCUT2D eigenvalue weighted by Gasteiger charge is -2.37. The van der Waals surface area contributed by atoms with Crippen molar-refractivity contribution in [2.45, 2.75) is 57.9 Å². The second-order valence-electron chi connectivity index (χ2n) is 9.05. The number of nitrogens with zero attached hydrogens (tertiary/aromatic N) is 1. The Morgan fingerprint density at radius 1 is 1.09 bits per heavy atom. The number of hydrogen-bond donors (Lipinski definition) is 2. The number of piperidine rings is 1. The van der Waals surface area contributed by atoms with Crippen LogP contribution < -0.4 is 10.6 Å². The van der Waals surface area contributed by atoms with Gasteiger partial charge in [-0.25, -0.2) is 0 Å². The van der Waals surface area contributed by atoms with E-state index < -0.39 is 6.04 Å². The Bertz CT molecular complexity index is 783. The summed E-state index contributed by atoms with van der Waals surface area (Å²) in [6, 6.07) is 6.77. The number of nitrogens with one attached hydrogen (secondary N) is 2. The minimum Gasteiger partial charge on any atom is -0.385 e. The van der Waals surface area contributed by atoms with Gasteiger partial charge >= 0.3 is 0 Å². The Labute approximate surface area is 191 Å². The first kappa shape index (κ1) is 24.2. The van der Waals surface area contributed by atoms with E-state index in [1.54, 1.807) is 13.2 Å². The van der Waals surface area contributed by atoms with E-state index in [2.05, 4.69) is 10.6 Å². The molecule has 1 aromatic carbocycles. The first-order valence-corrected chi connectivity index (χ1v) is 11.9. The number of methoxy groups -OCH3 is 1. The van der Waals surface area contributed by atoms with Gasteiger partial charge in [0.1, 0.15) is 6.04 Å². The molecule has 32 heavy (non-hydrogen) atoms. The molecule has 1 heterocycles. The van der Waals surface area contributed by atoms with Crippen LogP contribution in [0.2, 0.25) is 0 Å². The second kappa shape index (κ2) is 12.0. The van der Waals surface area contributed by atoms with Gasteiger partial charge < -0.3 is 20.3 Å². The zero-order valence-corrected chi connectivity index (χ0v) is 19.4. The molecule has 2 aliphatic rings. The summed E-state index contributed by atoms with van der Waals surface area (Å²) in [6.45, 7) is 4.26. The molecule has 1 aliphatic heterocycles. The molecule has 7 heteroatoms. The van der Waals surface area contributed by atoms with Crippen LogP contribution in [0.1, 0.15) is 60.9 Å². The summed E-state index contributed by atoms with van der Waals surface area (Å²) in [5, 5.41) is 5.95. The summed E-state index contributed by atoms with van der Waals surface area (Å²) in [7, 11) is 1.63. The van der Waals surface area contributed by atoms with E-state index in [1.165, 1.54) is 0 Å². The van der Waals surface area contributed by atoms with E-state index >= 15 is 0 Å². The van der Waals surface area contributed by atoms with Crippen molar-refractivity contribution in [2.24, 2.45) is 11.8 Å². The molecule has 1 atom stereocenters. The van der Waals surface area contributed by atoms with Gasteiger partial charge in [0.2, 0.25) is 11.8 Å². The summed E-state index contributed by atoms with van der Waals surface area (Å²) in [4.78, 5) is 40.7. The molecular weight excluding hydrogens is 406 g/mol. The number of rotatable bonds is 9. The monoisotopic (exact) mass is 443 g/mol. The summed E-state index contributed by atoms with van der Waals surface area (Å²) >= 11 is 0. The van der Waals surface area contributed by atoms with E-state index in [1.807, 2.05) is 30.0 Å². The zero-order chi connectivity index (χ0) is 22.9. The topological polar surface area (TPSA) is 87.7 Å². The number of carbonyl (C=O) groups excluding carboxylic acids is 3. The summed E-state index contributed by atoms with van der Waals surface area (Å²) in [6.07, 6.45) is 6.42. The van der Waals surface area contributed by atoms with Crippen LogP contribution in [0.3, 0.4) is 0 Å². The molecule has 1 saturated heterocycles. The van der Waals surface area contributed by atoms with Crippen LogP contribution in [0.4, 0.5) is 0 Å². The van der Waals surface area contributed by atoms with Crippen molar-refractivity contribution in [3.05, 3.63) is 35.4 Å². The highest BCUT2D eigenvalue weighted by Crippen LogP contribution is 2.29. The molecule has 1 aliphatic carbocycles. The molecule has 7 nitrogen and oxygen atoms in total. The van der Waals surface area contributed by atoms with Crippen molar-refractivity contribution in [1.29, 1.82) is 0 Å². The maximum absolute atomic E-state index is 13.0. The second-order valence-corrected chi connectivity index (χ2v) is 9.05. The lowest BCUT2D eigenvalue weighted by Crippen LogP contribution is -2.54. The molecule has 176 valence electrons. The molecule has 2 N–H and O–H groups in total. The van der Waals surface area contributed by atoms with Crippen molar-refractivity contribution in [3.8, 4) is 0 Å². The fourth-order valence-corrected chi connectivity index (χ4v) is 4.87. The van der Waals surface area contributed by atoms with Crippen LogP contribution in [-0.4, -0.2) is 62.0 Å². The fourth-order valence-electron chi connectivity index (χ4n) is 4.87. The largest absolute Gasteiger partial charge is 0.385 e. The average molecular weight is 444 g/mol. The van der Waals surface area contributed by atoms with E-state index in [4.69, 9.17) is 4.74 Å². The molecular formula is C25H37N3O4. The van der Waals surface area contributed by atoms with Gasteiger partial charge in [0, 0.05) is 44.8 Å². The SMILES string of the molecule is COCCCNC(=O)C(NC(=O)c1ccccc1C)C1CCN(C(=O)C2CCCC2)CC1. The molecule has 1 aromatic rings. The molecule has 3 amide bonds. The Morgan fingerprint density at radius 2 is 1.78 bits per heavy atom. The average Bonchev–Trinajstić information content (AvgIpc) is 3.35. The van der Waals surface area contributed by atoms with Crippen LogP contribution in [0.25, 0.3) is 0 Å². The first-order valence-electron chi connectivity index (χ1n) is 11.9. The third kappa shape index (κ3) is 6.31. The van der Waals surface area contributed by atoms with Crippen LogP contribution in [0.5, 0.6) is 0 Å². The van der Waals surface area contributed by atoms with E-state index in [-0.39, 0.29) is 29.6 Å². The van der Waals surface area contributed by atoms with E-state index in [0.717, 1.165) is 37.7 Å². The lowest BCUT2D eigenvalue weighted by atomic mass is 9.87. The van der Waals surface area contributed by atoms with Crippen molar-refractivity contribution < 1.29 is 19.1 Å². The Morgan fingerprint density at radius 3 is 2.44 bits per heavy atom. The third-order valence-electron chi connectivity index (χ3n) is 6.81. The Hall–Kier alpha value is -2.41. The van der Waals surface area contributed by atoms with Crippen LogP contribution in [-0.2, 0) is 14.3 Å². The normalized spacial score (nSPS) is 18.4. The molecule has 1 unspecified atom stereocenters. The van der Waals surface area contributed by atoms with Crippen LogP contribution in [0, 0.1) is 18.8 Å². The summed E-state index contributed by atoms with van der Waals surface area (Å²) < 4.78 is 5.05. The van der Waals surface area contributed by atoms with Gasteiger partial charge in [-0.3, -0.25) is 14.4 Å². The number of likely N-dealkylation sites (tertiary alicyclic amines) is 1. The van der Waals surface area contributed by atoms with E-state index in [0.29, 0.717) is 44.6 Å². The molecule has 2 fully saturated rings. The Kier molecular flexibility index (Phi) is 9.09. The number of amides is 3. The molecule has 0 bridgehead atoms. The van der Waals surface area contributed by atoms with Gasteiger partial charge in [0.15, 0.2) is 0 Å². The fraction of sp³-hybridized carbons (Fsp3) is 0.640. The third-order valence-corrected chi connectivity index (χ3v) is 6.81. The number of ether oxygens (including phenoxy) is 1.